The lowest BCUT2D eigenvalue weighted by Crippen LogP contribution is -1.95. The van der Waals surface area contributed by atoms with E-state index in [1.165, 1.54) is 17.4 Å². The molecule has 2 rings (SSSR count). The van der Waals surface area contributed by atoms with Gasteiger partial charge in [0.2, 0.25) is 0 Å². The number of thiazole rings is 1. The fourth-order valence-electron chi connectivity index (χ4n) is 1.67. The van der Waals surface area contributed by atoms with E-state index in [4.69, 9.17) is 5.73 Å². The zero-order valence-corrected chi connectivity index (χ0v) is 10.1. The Morgan fingerprint density at radius 3 is 2.69 bits per heavy atom. The fraction of sp³-hybridized carbons (Fsp3) is 0.250. The van der Waals surface area contributed by atoms with Gasteiger partial charge in [-0.1, -0.05) is 12.1 Å². The number of aryl methyl sites for hydroxylation is 2. The number of halogens is 1. The van der Waals surface area contributed by atoms with Crippen molar-refractivity contribution < 1.29 is 4.39 Å². The Morgan fingerprint density at radius 1 is 1.38 bits per heavy atom. The molecule has 2 nitrogen and oxygen atoms in total. The van der Waals surface area contributed by atoms with Crippen molar-refractivity contribution in [1.82, 2.24) is 4.98 Å². The van der Waals surface area contributed by atoms with Gasteiger partial charge in [-0.15, -0.1) is 11.3 Å². The van der Waals surface area contributed by atoms with Gasteiger partial charge in [0.1, 0.15) is 5.82 Å². The van der Waals surface area contributed by atoms with Gasteiger partial charge in [-0.2, -0.15) is 0 Å². The maximum atomic E-state index is 13.6. The second-order valence-corrected chi connectivity index (χ2v) is 4.89. The van der Waals surface area contributed by atoms with Crippen LogP contribution < -0.4 is 5.73 Å². The topological polar surface area (TPSA) is 38.9 Å². The summed E-state index contributed by atoms with van der Waals surface area (Å²) in [5, 5.41) is 0.543. The van der Waals surface area contributed by atoms with Gasteiger partial charge < -0.3 is 5.73 Å². The Labute approximate surface area is 97.9 Å². The Bertz CT molecular complexity index is 499. The van der Waals surface area contributed by atoms with E-state index in [2.05, 4.69) is 4.98 Å². The minimum atomic E-state index is -0.161. The number of benzene rings is 1. The van der Waals surface area contributed by atoms with E-state index < -0.39 is 0 Å². The zero-order chi connectivity index (χ0) is 11.7. The third kappa shape index (κ3) is 2.07. The number of nitrogens with zero attached hydrogens (tertiary/aromatic N) is 1. The van der Waals surface area contributed by atoms with Gasteiger partial charge in [0, 0.05) is 11.3 Å². The number of rotatable bonds is 2. The molecule has 1 aromatic carbocycles. The van der Waals surface area contributed by atoms with Crippen LogP contribution >= 0.6 is 11.3 Å². The van der Waals surface area contributed by atoms with Crippen molar-refractivity contribution >= 4 is 16.5 Å². The standard InChI is InChI=1S/C12H13FN2S/c1-7-4-3-5-10(13)9(7)6-11-8(2)15-12(14)16-11/h3-5H,6H2,1-2H3,(H2,14,15). The average molecular weight is 236 g/mol. The first kappa shape index (κ1) is 11.1. The van der Waals surface area contributed by atoms with Crippen LogP contribution in [0.2, 0.25) is 0 Å². The van der Waals surface area contributed by atoms with Crippen LogP contribution in [0.15, 0.2) is 18.2 Å². The molecule has 0 amide bonds. The molecule has 84 valence electrons. The van der Waals surface area contributed by atoms with Crippen molar-refractivity contribution in [1.29, 1.82) is 0 Å². The minimum Gasteiger partial charge on any atom is -0.375 e. The van der Waals surface area contributed by atoms with E-state index in [0.717, 1.165) is 21.7 Å². The van der Waals surface area contributed by atoms with Crippen LogP contribution in [0.5, 0.6) is 0 Å². The summed E-state index contributed by atoms with van der Waals surface area (Å²) in [5.41, 5.74) is 8.21. The molecule has 0 bridgehead atoms. The Kier molecular flexibility index (Phi) is 2.92. The van der Waals surface area contributed by atoms with Crippen molar-refractivity contribution in [2.24, 2.45) is 0 Å². The molecule has 0 saturated carbocycles. The second-order valence-electron chi connectivity index (χ2n) is 3.77. The number of anilines is 1. The van der Waals surface area contributed by atoms with E-state index in [-0.39, 0.29) is 5.82 Å². The third-order valence-electron chi connectivity index (χ3n) is 2.60. The number of hydrogen-bond donors (Lipinski definition) is 1. The predicted octanol–water partition coefficient (Wildman–Crippen LogP) is 3.07. The second kappa shape index (κ2) is 4.22. The summed E-state index contributed by atoms with van der Waals surface area (Å²) in [7, 11) is 0. The van der Waals surface area contributed by atoms with E-state index in [0.29, 0.717) is 11.6 Å². The van der Waals surface area contributed by atoms with Crippen LogP contribution in [0.1, 0.15) is 21.7 Å². The molecule has 0 fully saturated rings. The molecule has 0 radical (unpaired) electrons. The van der Waals surface area contributed by atoms with Gasteiger partial charge in [-0.3, -0.25) is 0 Å². The SMILES string of the molecule is Cc1cccc(F)c1Cc1sc(N)nc1C. The summed E-state index contributed by atoms with van der Waals surface area (Å²) in [5.74, 6) is -0.161. The first-order valence-electron chi connectivity index (χ1n) is 5.03. The molecule has 2 aromatic rings. The summed E-state index contributed by atoms with van der Waals surface area (Å²) in [4.78, 5) is 5.17. The highest BCUT2D eigenvalue weighted by atomic mass is 32.1. The molecule has 4 heteroatoms. The van der Waals surface area contributed by atoms with Crippen LogP contribution in [-0.4, -0.2) is 4.98 Å². The normalized spacial score (nSPS) is 10.7. The van der Waals surface area contributed by atoms with Gasteiger partial charge in [-0.05, 0) is 31.0 Å². The molecule has 2 N–H and O–H groups in total. The maximum Gasteiger partial charge on any atom is 0.180 e. The summed E-state index contributed by atoms with van der Waals surface area (Å²) < 4.78 is 13.6. The lowest BCUT2D eigenvalue weighted by Gasteiger charge is -2.05. The van der Waals surface area contributed by atoms with Gasteiger partial charge >= 0.3 is 0 Å². The van der Waals surface area contributed by atoms with Crippen LogP contribution in [0.25, 0.3) is 0 Å². The number of nitrogen functional groups attached to an aromatic ring is 1. The lowest BCUT2D eigenvalue weighted by atomic mass is 10.0. The van der Waals surface area contributed by atoms with Gasteiger partial charge in [0.25, 0.3) is 0 Å². The number of nitrogens with two attached hydrogens (primary N) is 1. The van der Waals surface area contributed by atoms with E-state index >= 15 is 0 Å². The molecule has 0 saturated heterocycles. The quantitative estimate of drug-likeness (QED) is 0.870. The van der Waals surface area contributed by atoms with Gasteiger partial charge in [0.15, 0.2) is 5.13 Å². The van der Waals surface area contributed by atoms with E-state index in [9.17, 15) is 4.39 Å². The first-order chi connectivity index (χ1) is 7.58. The van der Waals surface area contributed by atoms with Crippen LogP contribution in [0, 0.1) is 19.7 Å². The molecule has 0 aliphatic rings. The largest absolute Gasteiger partial charge is 0.375 e. The highest BCUT2D eigenvalue weighted by Gasteiger charge is 2.11. The van der Waals surface area contributed by atoms with Crippen molar-refractivity contribution in [3.8, 4) is 0 Å². The molecule has 16 heavy (non-hydrogen) atoms. The first-order valence-corrected chi connectivity index (χ1v) is 5.85. The smallest absolute Gasteiger partial charge is 0.180 e. The highest BCUT2D eigenvalue weighted by Crippen LogP contribution is 2.25. The molecule has 0 aliphatic carbocycles. The van der Waals surface area contributed by atoms with Crippen molar-refractivity contribution in [3.05, 3.63) is 45.7 Å². The number of hydrogen-bond acceptors (Lipinski definition) is 3. The molecule has 1 aromatic heterocycles. The molecule has 0 unspecified atom stereocenters. The third-order valence-corrected chi connectivity index (χ3v) is 3.59. The number of aromatic nitrogens is 1. The maximum absolute atomic E-state index is 13.6. The Hall–Kier alpha value is -1.42. The Balaban J connectivity index is 2.37. The molecule has 0 spiro atoms. The van der Waals surface area contributed by atoms with Gasteiger partial charge in [-0.25, -0.2) is 9.37 Å². The zero-order valence-electron chi connectivity index (χ0n) is 9.25. The molecule has 0 aliphatic heterocycles. The van der Waals surface area contributed by atoms with Crippen LogP contribution in [0.3, 0.4) is 0 Å². The van der Waals surface area contributed by atoms with E-state index in [1.807, 2.05) is 19.9 Å². The summed E-state index contributed by atoms with van der Waals surface area (Å²) in [6, 6.07) is 5.13. The fourth-order valence-corrected chi connectivity index (χ4v) is 2.51. The van der Waals surface area contributed by atoms with Crippen molar-refractivity contribution in [2.75, 3.05) is 5.73 Å². The van der Waals surface area contributed by atoms with Crippen molar-refractivity contribution in [3.63, 3.8) is 0 Å². The van der Waals surface area contributed by atoms with Crippen LogP contribution in [0.4, 0.5) is 9.52 Å². The molecule has 0 atom stereocenters. The van der Waals surface area contributed by atoms with Crippen LogP contribution in [-0.2, 0) is 6.42 Å². The predicted molar refractivity (Wildman–Crippen MR) is 65.2 cm³/mol. The van der Waals surface area contributed by atoms with Gasteiger partial charge in [0.05, 0.1) is 5.69 Å². The average Bonchev–Trinajstić information content (AvgIpc) is 2.51. The minimum absolute atomic E-state index is 0.161. The Morgan fingerprint density at radius 2 is 2.12 bits per heavy atom. The lowest BCUT2D eigenvalue weighted by molar-refractivity contribution is 0.612. The molecule has 1 heterocycles. The molecular formula is C12H13FN2S. The van der Waals surface area contributed by atoms with E-state index in [1.54, 1.807) is 6.07 Å². The highest BCUT2D eigenvalue weighted by molar-refractivity contribution is 7.15. The van der Waals surface area contributed by atoms with Crippen molar-refractivity contribution in [2.45, 2.75) is 20.3 Å². The monoisotopic (exact) mass is 236 g/mol. The summed E-state index contributed by atoms with van der Waals surface area (Å²) in [6.07, 6.45) is 0.569. The summed E-state index contributed by atoms with van der Waals surface area (Å²) in [6.45, 7) is 3.82. The molecular weight excluding hydrogens is 223 g/mol. The summed E-state index contributed by atoms with van der Waals surface area (Å²) >= 11 is 1.43.